The minimum Gasteiger partial charge on any atom is -0.461 e. The molecule has 1 aromatic rings. The summed E-state index contributed by atoms with van der Waals surface area (Å²) >= 11 is 0.0952. The summed E-state index contributed by atoms with van der Waals surface area (Å²) in [6.07, 6.45) is 0. The van der Waals surface area contributed by atoms with Gasteiger partial charge in [0.15, 0.2) is 5.78 Å². The van der Waals surface area contributed by atoms with E-state index in [2.05, 4.69) is 4.74 Å². The van der Waals surface area contributed by atoms with Crippen LogP contribution in [0.1, 0.15) is 24.2 Å². The molecular weight excluding hydrogens is 262 g/mol. The van der Waals surface area contributed by atoms with E-state index >= 15 is 0 Å². The highest BCUT2D eigenvalue weighted by molar-refractivity contribution is 8.01. The van der Waals surface area contributed by atoms with E-state index in [-0.39, 0.29) is 29.0 Å². The van der Waals surface area contributed by atoms with Crippen LogP contribution < -0.4 is 0 Å². The number of hydrogen-bond donors (Lipinski definition) is 0. The predicted molar refractivity (Wildman–Crippen MR) is 63.9 cm³/mol. The van der Waals surface area contributed by atoms with Crippen molar-refractivity contribution in [3.8, 4) is 0 Å². The molecule has 0 saturated heterocycles. The second-order valence-electron chi connectivity index (χ2n) is 3.42. The SMILES string of the molecule is CCOC(=O)C(F)(F)Sc1ccc(C(C)=O)cc1. The molecule has 0 spiro atoms. The molecule has 0 aliphatic carbocycles. The fraction of sp³-hybridized carbons (Fsp3) is 0.333. The highest BCUT2D eigenvalue weighted by atomic mass is 32.2. The first-order chi connectivity index (χ1) is 8.36. The lowest BCUT2D eigenvalue weighted by Gasteiger charge is -2.13. The molecule has 0 aliphatic rings. The van der Waals surface area contributed by atoms with E-state index in [0.29, 0.717) is 5.56 Å². The van der Waals surface area contributed by atoms with Crippen molar-refractivity contribution in [2.24, 2.45) is 0 Å². The molecule has 1 aromatic carbocycles. The Morgan fingerprint density at radius 1 is 1.28 bits per heavy atom. The van der Waals surface area contributed by atoms with Crippen molar-refractivity contribution >= 4 is 23.5 Å². The van der Waals surface area contributed by atoms with E-state index in [4.69, 9.17) is 0 Å². The van der Waals surface area contributed by atoms with Gasteiger partial charge in [-0.1, -0.05) is 12.1 Å². The first kappa shape index (κ1) is 14.6. The molecule has 0 radical (unpaired) electrons. The number of rotatable bonds is 5. The number of thioether (sulfide) groups is 1. The lowest BCUT2D eigenvalue weighted by molar-refractivity contribution is -0.159. The van der Waals surface area contributed by atoms with Crippen LogP contribution in [0.2, 0.25) is 0 Å². The van der Waals surface area contributed by atoms with E-state index in [9.17, 15) is 18.4 Å². The molecule has 0 aromatic heterocycles. The molecule has 1 rings (SSSR count). The monoisotopic (exact) mass is 274 g/mol. The van der Waals surface area contributed by atoms with Crippen molar-refractivity contribution in [2.45, 2.75) is 24.0 Å². The predicted octanol–water partition coefficient (Wildman–Crippen LogP) is 3.14. The summed E-state index contributed by atoms with van der Waals surface area (Å²) in [5, 5.41) is -3.63. The zero-order chi connectivity index (χ0) is 13.8. The lowest BCUT2D eigenvalue weighted by Crippen LogP contribution is -2.26. The molecular formula is C12H12F2O3S. The smallest absolute Gasteiger partial charge is 0.393 e. The highest BCUT2D eigenvalue weighted by Gasteiger charge is 2.41. The van der Waals surface area contributed by atoms with Gasteiger partial charge >= 0.3 is 11.2 Å². The molecule has 0 unspecified atom stereocenters. The van der Waals surface area contributed by atoms with Crippen LogP contribution in [-0.2, 0) is 9.53 Å². The number of ether oxygens (including phenoxy) is 1. The number of carbonyl (C=O) groups excluding carboxylic acids is 2. The van der Waals surface area contributed by atoms with E-state index in [1.807, 2.05) is 0 Å². The summed E-state index contributed by atoms with van der Waals surface area (Å²) in [5.41, 5.74) is 0.429. The van der Waals surface area contributed by atoms with E-state index < -0.39 is 11.2 Å². The fourth-order valence-corrected chi connectivity index (χ4v) is 1.87. The zero-order valence-corrected chi connectivity index (χ0v) is 10.7. The van der Waals surface area contributed by atoms with Crippen molar-refractivity contribution < 1.29 is 23.1 Å². The number of hydrogen-bond acceptors (Lipinski definition) is 4. The number of halogens is 2. The van der Waals surface area contributed by atoms with Gasteiger partial charge in [-0.15, -0.1) is 0 Å². The Kier molecular flexibility index (Phi) is 4.84. The molecule has 0 atom stereocenters. The molecule has 0 amide bonds. The minimum absolute atomic E-state index is 0.0952. The molecule has 3 nitrogen and oxygen atoms in total. The first-order valence-electron chi connectivity index (χ1n) is 5.22. The summed E-state index contributed by atoms with van der Waals surface area (Å²) in [7, 11) is 0. The maximum Gasteiger partial charge on any atom is 0.393 e. The number of Topliss-reactive ketones (excluding diaryl/α,β-unsaturated/α-hetero) is 1. The summed E-state index contributed by atoms with van der Waals surface area (Å²) in [5.74, 6) is -1.71. The number of ketones is 1. The van der Waals surface area contributed by atoms with Gasteiger partial charge in [0.1, 0.15) is 0 Å². The van der Waals surface area contributed by atoms with Crippen LogP contribution in [0.15, 0.2) is 29.2 Å². The maximum atomic E-state index is 13.4. The van der Waals surface area contributed by atoms with Gasteiger partial charge in [-0.25, -0.2) is 4.79 Å². The highest BCUT2D eigenvalue weighted by Crippen LogP contribution is 2.36. The van der Waals surface area contributed by atoms with Crippen molar-refractivity contribution in [3.05, 3.63) is 29.8 Å². The lowest BCUT2D eigenvalue weighted by atomic mass is 10.2. The Morgan fingerprint density at radius 2 is 1.83 bits per heavy atom. The summed E-state index contributed by atoms with van der Waals surface area (Å²) in [6.45, 7) is 2.74. The number of benzene rings is 1. The van der Waals surface area contributed by atoms with E-state index in [1.54, 1.807) is 0 Å². The molecule has 98 valence electrons. The molecule has 0 N–H and O–H groups in total. The third-order valence-corrected chi connectivity index (χ3v) is 2.95. The van der Waals surface area contributed by atoms with Crippen LogP contribution in [-0.4, -0.2) is 23.6 Å². The van der Waals surface area contributed by atoms with E-state index in [0.717, 1.165) is 0 Å². The molecule has 18 heavy (non-hydrogen) atoms. The average Bonchev–Trinajstić information content (AvgIpc) is 2.29. The van der Waals surface area contributed by atoms with Gasteiger partial charge in [0.25, 0.3) is 0 Å². The van der Waals surface area contributed by atoms with Crippen LogP contribution in [0.3, 0.4) is 0 Å². The van der Waals surface area contributed by atoms with E-state index in [1.165, 1.54) is 38.1 Å². The fourth-order valence-electron chi connectivity index (χ4n) is 1.16. The Labute approximate surface area is 108 Å². The standard InChI is InChI=1S/C12H12F2O3S/c1-3-17-11(16)12(13,14)18-10-6-4-9(5-7-10)8(2)15/h4-7H,3H2,1-2H3. The average molecular weight is 274 g/mol. The van der Waals surface area contributed by atoms with Crippen molar-refractivity contribution in [3.63, 3.8) is 0 Å². The normalized spacial score (nSPS) is 11.1. The molecule has 0 fully saturated rings. The zero-order valence-electron chi connectivity index (χ0n) is 9.91. The van der Waals surface area contributed by atoms with Gasteiger partial charge in [-0.05, 0) is 37.7 Å². The second-order valence-corrected chi connectivity index (χ2v) is 4.61. The number of esters is 1. The first-order valence-corrected chi connectivity index (χ1v) is 6.03. The topological polar surface area (TPSA) is 43.4 Å². The van der Waals surface area contributed by atoms with Crippen LogP contribution >= 0.6 is 11.8 Å². The van der Waals surface area contributed by atoms with Crippen LogP contribution in [0, 0.1) is 0 Å². The van der Waals surface area contributed by atoms with Gasteiger partial charge in [0, 0.05) is 10.5 Å². The van der Waals surface area contributed by atoms with Gasteiger partial charge < -0.3 is 4.74 Å². The number of alkyl halides is 2. The van der Waals surface area contributed by atoms with Crippen LogP contribution in [0.5, 0.6) is 0 Å². The molecule has 0 saturated carbocycles. The number of carbonyl (C=O) groups is 2. The largest absolute Gasteiger partial charge is 0.461 e. The molecule has 6 heteroatoms. The van der Waals surface area contributed by atoms with Crippen molar-refractivity contribution in [1.82, 2.24) is 0 Å². The van der Waals surface area contributed by atoms with Crippen LogP contribution in [0.25, 0.3) is 0 Å². The maximum absolute atomic E-state index is 13.4. The van der Waals surface area contributed by atoms with Crippen molar-refractivity contribution in [1.29, 1.82) is 0 Å². The summed E-state index contributed by atoms with van der Waals surface area (Å²) in [4.78, 5) is 22.2. The molecule has 0 aliphatic heterocycles. The summed E-state index contributed by atoms with van der Waals surface area (Å²) in [6, 6.07) is 5.61. The molecule has 0 bridgehead atoms. The van der Waals surface area contributed by atoms with Gasteiger partial charge in [-0.2, -0.15) is 8.78 Å². The molecule has 0 heterocycles. The van der Waals surface area contributed by atoms with Crippen LogP contribution in [0.4, 0.5) is 8.78 Å². The third kappa shape index (κ3) is 3.80. The Hall–Kier alpha value is -1.43. The van der Waals surface area contributed by atoms with Gasteiger partial charge in [0.05, 0.1) is 6.61 Å². The second kappa shape index (κ2) is 5.95. The summed E-state index contributed by atoms with van der Waals surface area (Å²) < 4.78 is 31.0. The van der Waals surface area contributed by atoms with Gasteiger partial charge in [0.2, 0.25) is 0 Å². The minimum atomic E-state index is -3.63. The van der Waals surface area contributed by atoms with Gasteiger partial charge in [-0.3, -0.25) is 4.79 Å². The quantitative estimate of drug-likeness (QED) is 0.470. The Balaban J connectivity index is 2.78. The van der Waals surface area contributed by atoms with Crippen molar-refractivity contribution in [2.75, 3.05) is 6.61 Å². The Bertz CT molecular complexity index is 443. The Morgan fingerprint density at radius 3 is 2.28 bits per heavy atom. The third-order valence-electron chi connectivity index (χ3n) is 2.02.